The number of nitrogens with zero attached hydrogens (tertiary/aromatic N) is 4. The van der Waals surface area contributed by atoms with Crippen molar-refractivity contribution >= 4 is 5.91 Å². The van der Waals surface area contributed by atoms with E-state index in [1.807, 2.05) is 18.2 Å². The maximum absolute atomic E-state index is 11.4. The van der Waals surface area contributed by atoms with Crippen LogP contribution in [0.25, 0.3) is 5.69 Å². The molecule has 0 radical (unpaired) electrons. The number of primary amides is 1. The molecule has 144 valence electrons. The maximum atomic E-state index is 11.4. The number of amides is 1. The van der Waals surface area contributed by atoms with Crippen LogP contribution >= 0.6 is 0 Å². The van der Waals surface area contributed by atoms with Crippen molar-refractivity contribution in [3.63, 3.8) is 0 Å². The van der Waals surface area contributed by atoms with E-state index in [9.17, 15) is 4.79 Å². The Hall–Kier alpha value is -2.61. The third-order valence-corrected chi connectivity index (χ3v) is 5.17. The lowest BCUT2D eigenvalue weighted by Crippen LogP contribution is -2.30. The summed E-state index contributed by atoms with van der Waals surface area (Å²) in [6.45, 7) is 4.45. The number of benzene rings is 1. The average molecular weight is 371 g/mol. The molecule has 1 saturated heterocycles. The molecule has 0 saturated carbocycles. The number of rotatable bonds is 5. The first-order valence-corrected chi connectivity index (χ1v) is 9.50. The molecular formula is C19H25N5O3. The van der Waals surface area contributed by atoms with Crippen LogP contribution in [-0.2, 0) is 11.2 Å². The summed E-state index contributed by atoms with van der Waals surface area (Å²) in [5.41, 5.74) is 6.19. The number of likely N-dealkylation sites (tertiary alicyclic amines) is 1. The van der Waals surface area contributed by atoms with Crippen LogP contribution in [0, 0.1) is 0 Å². The molecule has 8 nitrogen and oxygen atoms in total. The fourth-order valence-electron chi connectivity index (χ4n) is 3.72. The molecule has 0 aliphatic carbocycles. The van der Waals surface area contributed by atoms with Crippen LogP contribution in [0.2, 0.25) is 0 Å². The lowest BCUT2D eigenvalue weighted by atomic mass is 10.2. The average Bonchev–Trinajstić information content (AvgIpc) is 3.18. The zero-order chi connectivity index (χ0) is 18.8. The zero-order valence-electron chi connectivity index (χ0n) is 15.6. The highest BCUT2D eigenvalue weighted by Crippen LogP contribution is 2.34. The van der Waals surface area contributed by atoms with Gasteiger partial charge in [0.05, 0.1) is 18.2 Å². The summed E-state index contributed by atoms with van der Waals surface area (Å²) in [6, 6.07) is 5.77. The number of carbonyl (C=O) groups excluding carboxylic acids is 1. The van der Waals surface area contributed by atoms with Gasteiger partial charge in [-0.05, 0) is 45.0 Å². The molecule has 8 heteroatoms. The molecule has 1 aromatic heterocycles. The second-order valence-corrected chi connectivity index (χ2v) is 7.10. The van der Waals surface area contributed by atoms with Gasteiger partial charge in [0.1, 0.15) is 5.82 Å². The quantitative estimate of drug-likeness (QED) is 0.863. The minimum atomic E-state index is -0.438. The summed E-state index contributed by atoms with van der Waals surface area (Å²) in [5.74, 6) is 2.22. The van der Waals surface area contributed by atoms with Crippen LogP contribution in [0.15, 0.2) is 18.2 Å². The number of ether oxygens (including phenoxy) is 2. The molecule has 4 rings (SSSR count). The minimum Gasteiger partial charge on any atom is -0.454 e. The Morgan fingerprint density at radius 2 is 1.93 bits per heavy atom. The SMILES string of the molecule is CC(c1nc(CC(N)=O)nn1-c1ccc2c(c1)OCO2)N1CCCCCC1. The number of hydrogen-bond acceptors (Lipinski definition) is 6. The van der Waals surface area contributed by atoms with Crippen molar-refractivity contribution in [2.24, 2.45) is 5.73 Å². The van der Waals surface area contributed by atoms with Crippen molar-refractivity contribution in [1.29, 1.82) is 0 Å². The number of nitrogens with two attached hydrogens (primary N) is 1. The fraction of sp³-hybridized carbons (Fsp3) is 0.526. The largest absolute Gasteiger partial charge is 0.454 e. The van der Waals surface area contributed by atoms with Gasteiger partial charge in [-0.3, -0.25) is 9.69 Å². The zero-order valence-corrected chi connectivity index (χ0v) is 15.6. The highest BCUT2D eigenvalue weighted by atomic mass is 16.7. The third-order valence-electron chi connectivity index (χ3n) is 5.17. The number of aromatic nitrogens is 3. The molecule has 1 aromatic carbocycles. The second-order valence-electron chi connectivity index (χ2n) is 7.10. The molecule has 1 unspecified atom stereocenters. The van der Waals surface area contributed by atoms with Gasteiger partial charge in [0.2, 0.25) is 12.7 Å². The van der Waals surface area contributed by atoms with E-state index in [1.54, 1.807) is 4.68 Å². The van der Waals surface area contributed by atoms with Gasteiger partial charge in [-0.2, -0.15) is 5.10 Å². The van der Waals surface area contributed by atoms with E-state index in [1.165, 1.54) is 25.7 Å². The first-order valence-electron chi connectivity index (χ1n) is 9.50. The van der Waals surface area contributed by atoms with E-state index in [0.717, 1.165) is 30.4 Å². The van der Waals surface area contributed by atoms with Crippen molar-refractivity contribution in [3.05, 3.63) is 29.8 Å². The molecule has 1 amide bonds. The maximum Gasteiger partial charge on any atom is 0.231 e. The van der Waals surface area contributed by atoms with Gasteiger partial charge < -0.3 is 15.2 Å². The fourth-order valence-corrected chi connectivity index (χ4v) is 3.72. The van der Waals surface area contributed by atoms with Crippen LogP contribution in [0.1, 0.15) is 50.3 Å². The number of fused-ring (bicyclic) bond motifs is 1. The van der Waals surface area contributed by atoms with Crippen LogP contribution in [-0.4, -0.2) is 45.5 Å². The standard InChI is InChI=1S/C19H25N5O3/c1-13(23-8-4-2-3-5-9-23)19-21-18(11-17(20)25)22-24(19)14-6-7-15-16(10-14)27-12-26-15/h6-7,10,13H,2-5,8-9,11-12H2,1H3,(H2,20,25). The predicted octanol–water partition coefficient (Wildman–Crippen LogP) is 1.96. The smallest absolute Gasteiger partial charge is 0.231 e. The minimum absolute atomic E-state index is 0.0251. The lowest BCUT2D eigenvalue weighted by Gasteiger charge is -2.27. The van der Waals surface area contributed by atoms with E-state index in [4.69, 9.17) is 15.2 Å². The van der Waals surface area contributed by atoms with Crippen LogP contribution in [0.4, 0.5) is 0 Å². The lowest BCUT2D eigenvalue weighted by molar-refractivity contribution is -0.117. The van der Waals surface area contributed by atoms with Crippen molar-refractivity contribution in [2.45, 2.75) is 45.1 Å². The van der Waals surface area contributed by atoms with Crippen LogP contribution in [0.3, 0.4) is 0 Å². The van der Waals surface area contributed by atoms with Crippen molar-refractivity contribution < 1.29 is 14.3 Å². The highest BCUT2D eigenvalue weighted by molar-refractivity contribution is 5.75. The molecule has 2 aliphatic rings. The molecule has 0 spiro atoms. The van der Waals surface area contributed by atoms with Gasteiger partial charge in [-0.25, -0.2) is 9.67 Å². The first-order chi connectivity index (χ1) is 13.1. The molecule has 0 bridgehead atoms. The third kappa shape index (κ3) is 3.75. The van der Waals surface area contributed by atoms with E-state index in [0.29, 0.717) is 11.6 Å². The number of hydrogen-bond donors (Lipinski definition) is 1. The Morgan fingerprint density at radius 1 is 1.19 bits per heavy atom. The Balaban J connectivity index is 1.70. The monoisotopic (exact) mass is 371 g/mol. The van der Waals surface area contributed by atoms with Crippen LogP contribution in [0.5, 0.6) is 11.5 Å². The van der Waals surface area contributed by atoms with E-state index < -0.39 is 5.91 Å². The summed E-state index contributed by atoms with van der Waals surface area (Å²) >= 11 is 0. The van der Waals surface area contributed by atoms with E-state index in [2.05, 4.69) is 21.9 Å². The van der Waals surface area contributed by atoms with E-state index >= 15 is 0 Å². The summed E-state index contributed by atoms with van der Waals surface area (Å²) in [5, 5.41) is 4.57. The van der Waals surface area contributed by atoms with Crippen molar-refractivity contribution in [3.8, 4) is 17.2 Å². The molecule has 2 aromatic rings. The second kappa shape index (κ2) is 7.56. The van der Waals surface area contributed by atoms with Gasteiger partial charge in [0.15, 0.2) is 17.3 Å². The highest BCUT2D eigenvalue weighted by Gasteiger charge is 2.25. The van der Waals surface area contributed by atoms with Gasteiger partial charge in [-0.1, -0.05) is 12.8 Å². The topological polar surface area (TPSA) is 95.5 Å². The Morgan fingerprint density at radius 3 is 2.67 bits per heavy atom. The summed E-state index contributed by atoms with van der Waals surface area (Å²) in [4.78, 5) is 18.5. The molecular weight excluding hydrogens is 346 g/mol. The summed E-state index contributed by atoms with van der Waals surface area (Å²) in [7, 11) is 0. The Labute approximate surface area is 158 Å². The normalized spacial score (nSPS) is 18.3. The van der Waals surface area contributed by atoms with Gasteiger partial charge in [0, 0.05) is 6.07 Å². The van der Waals surface area contributed by atoms with Gasteiger partial charge >= 0.3 is 0 Å². The molecule has 2 N–H and O–H groups in total. The van der Waals surface area contributed by atoms with Crippen molar-refractivity contribution in [1.82, 2.24) is 19.7 Å². The first kappa shape index (κ1) is 17.8. The molecule has 27 heavy (non-hydrogen) atoms. The summed E-state index contributed by atoms with van der Waals surface area (Å²) < 4.78 is 12.7. The van der Waals surface area contributed by atoms with Gasteiger partial charge in [0.25, 0.3) is 0 Å². The number of carbonyl (C=O) groups is 1. The molecule has 2 aliphatic heterocycles. The molecule has 1 fully saturated rings. The predicted molar refractivity (Wildman–Crippen MR) is 98.8 cm³/mol. The Bertz CT molecular complexity index is 827. The molecule has 3 heterocycles. The van der Waals surface area contributed by atoms with Crippen molar-refractivity contribution in [2.75, 3.05) is 19.9 Å². The summed E-state index contributed by atoms with van der Waals surface area (Å²) in [6.07, 6.45) is 4.94. The van der Waals surface area contributed by atoms with Crippen LogP contribution < -0.4 is 15.2 Å². The van der Waals surface area contributed by atoms with Gasteiger partial charge in [-0.15, -0.1) is 0 Å². The molecule has 1 atom stereocenters. The Kier molecular flexibility index (Phi) is 4.98. The van der Waals surface area contributed by atoms with E-state index in [-0.39, 0.29) is 19.3 Å².